The smallest absolute Gasteiger partial charge is 0.127 e. The zero-order valence-electron chi connectivity index (χ0n) is 9.83. The van der Waals surface area contributed by atoms with Gasteiger partial charge in [0, 0.05) is 17.2 Å². The Morgan fingerprint density at radius 1 is 1.33 bits per heavy atom. The first-order valence-corrected chi connectivity index (χ1v) is 5.09. The normalized spacial score (nSPS) is 11.3. The van der Waals surface area contributed by atoms with Crippen molar-refractivity contribution in [2.24, 2.45) is 5.73 Å². The van der Waals surface area contributed by atoms with Crippen LogP contribution in [0.25, 0.3) is 0 Å². The molecule has 2 N–H and O–H groups in total. The van der Waals surface area contributed by atoms with Gasteiger partial charge in [0.1, 0.15) is 11.5 Å². The number of ether oxygens (including phenoxy) is 2. The molecule has 0 atom stereocenters. The number of hydrogen-bond donors (Lipinski definition) is 1. The minimum Gasteiger partial charge on any atom is -0.497 e. The maximum absolute atomic E-state index is 6.06. The summed E-state index contributed by atoms with van der Waals surface area (Å²) in [6.07, 6.45) is 0. The van der Waals surface area contributed by atoms with E-state index in [1.165, 1.54) is 0 Å². The van der Waals surface area contributed by atoms with Crippen molar-refractivity contribution >= 4 is 0 Å². The monoisotopic (exact) mass is 209 g/mol. The average Bonchev–Trinajstić information content (AvgIpc) is 2.16. The van der Waals surface area contributed by atoms with Gasteiger partial charge in [-0.2, -0.15) is 0 Å². The van der Waals surface area contributed by atoms with Crippen LogP contribution >= 0.6 is 0 Å². The molecule has 3 nitrogen and oxygen atoms in total. The summed E-state index contributed by atoms with van der Waals surface area (Å²) in [5, 5.41) is 0. The van der Waals surface area contributed by atoms with E-state index in [9.17, 15) is 0 Å². The second-order valence-corrected chi connectivity index (χ2v) is 4.02. The van der Waals surface area contributed by atoms with Crippen LogP contribution < -0.4 is 15.2 Å². The van der Waals surface area contributed by atoms with Gasteiger partial charge in [0.05, 0.1) is 13.7 Å². The van der Waals surface area contributed by atoms with Crippen molar-refractivity contribution in [2.75, 3.05) is 13.7 Å². The van der Waals surface area contributed by atoms with E-state index < -0.39 is 5.54 Å². The van der Waals surface area contributed by atoms with E-state index in [2.05, 4.69) is 0 Å². The topological polar surface area (TPSA) is 44.5 Å². The van der Waals surface area contributed by atoms with Crippen molar-refractivity contribution in [3.63, 3.8) is 0 Å². The molecule has 0 aromatic heterocycles. The molecule has 0 spiro atoms. The molecule has 15 heavy (non-hydrogen) atoms. The van der Waals surface area contributed by atoms with E-state index in [0.29, 0.717) is 6.61 Å². The molecule has 0 heterocycles. The van der Waals surface area contributed by atoms with Gasteiger partial charge in [-0.25, -0.2) is 0 Å². The summed E-state index contributed by atoms with van der Waals surface area (Å²) in [5.41, 5.74) is 6.64. The van der Waals surface area contributed by atoms with Gasteiger partial charge in [0.25, 0.3) is 0 Å². The number of rotatable bonds is 4. The predicted octanol–water partition coefficient (Wildman–Crippen LogP) is 2.29. The van der Waals surface area contributed by atoms with Gasteiger partial charge in [-0.1, -0.05) is 0 Å². The molecule has 1 aromatic carbocycles. The molecule has 3 heteroatoms. The molecule has 0 aliphatic rings. The summed E-state index contributed by atoms with van der Waals surface area (Å²) in [7, 11) is 1.64. The lowest BCUT2D eigenvalue weighted by atomic mass is 9.94. The fourth-order valence-corrected chi connectivity index (χ4v) is 1.44. The molecular formula is C12H19NO2. The van der Waals surface area contributed by atoms with E-state index in [1.54, 1.807) is 7.11 Å². The first-order valence-electron chi connectivity index (χ1n) is 5.09. The summed E-state index contributed by atoms with van der Waals surface area (Å²) in [4.78, 5) is 0. The van der Waals surface area contributed by atoms with Crippen molar-refractivity contribution in [1.29, 1.82) is 0 Å². The quantitative estimate of drug-likeness (QED) is 0.827. The highest BCUT2D eigenvalue weighted by Crippen LogP contribution is 2.31. The van der Waals surface area contributed by atoms with Gasteiger partial charge < -0.3 is 15.2 Å². The molecular weight excluding hydrogens is 190 g/mol. The van der Waals surface area contributed by atoms with Gasteiger partial charge in [-0.15, -0.1) is 0 Å². The van der Waals surface area contributed by atoms with Crippen LogP contribution in [0, 0.1) is 0 Å². The molecule has 0 bridgehead atoms. The third-order valence-electron chi connectivity index (χ3n) is 2.18. The van der Waals surface area contributed by atoms with Gasteiger partial charge in [0.15, 0.2) is 0 Å². The predicted molar refractivity (Wildman–Crippen MR) is 61.4 cm³/mol. The molecule has 0 saturated heterocycles. The average molecular weight is 209 g/mol. The standard InChI is InChI=1S/C12H19NO2/c1-5-15-11-8-9(14-4)6-7-10(11)12(2,3)13/h6-8H,5,13H2,1-4H3. The molecule has 0 aliphatic heterocycles. The first-order chi connectivity index (χ1) is 6.99. The molecule has 0 fully saturated rings. The Morgan fingerprint density at radius 2 is 2.00 bits per heavy atom. The van der Waals surface area contributed by atoms with Crippen LogP contribution in [0.4, 0.5) is 0 Å². The van der Waals surface area contributed by atoms with E-state index in [0.717, 1.165) is 17.1 Å². The van der Waals surface area contributed by atoms with E-state index in [-0.39, 0.29) is 0 Å². The first kappa shape index (κ1) is 11.9. The minimum atomic E-state index is -0.406. The van der Waals surface area contributed by atoms with Crippen molar-refractivity contribution < 1.29 is 9.47 Å². The fourth-order valence-electron chi connectivity index (χ4n) is 1.44. The maximum atomic E-state index is 6.06. The largest absolute Gasteiger partial charge is 0.497 e. The minimum absolute atomic E-state index is 0.406. The van der Waals surface area contributed by atoms with E-state index in [1.807, 2.05) is 39.0 Å². The highest BCUT2D eigenvalue weighted by molar-refractivity contribution is 5.44. The van der Waals surface area contributed by atoms with E-state index in [4.69, 9.17) is 15.2 Å². The van der Waals surface area contributed by atoms with Gasteiger partial charge in [0.2, 0.25) is 0 Å². The van der Waals surface area contributed by atoms with Gasteiger partial charge in [-0.05, 0) is 32.9 Å². The molecule has 0 aliphatic carbocycles. The maximum Gasteiger partial charge on any atom is 0.127 e. The van der Waals surface area contributed by atoms with Gasteiger partial charge in [-0.3, -0.25) is 0 Å². The van der Waals surface area contributed by atoms with Crippen LogP contribution in [-0.2, 0) is 5.54 Å². The number of benzene rings is 1. The van der Waals surface area contributed by atoms with Crippen molar-refractivity contribution in [1.82, 2.24) is 0 Å². The SMILES string of the molecule is CCOc1cc(OC)ccc1C(C)(C)N. The molecule has 84 valence electrons. The highest BCUT2D eigenvalue weighted by atomic mass is 16.5. The highest BCUT2D eigenvalue weighted by Gasteiger charge is 2.19. The number of methoxy groups -OCH3 is 1. The summed E-state index contributed by atoms with van der Waals surface area (Å²) in [6, 6.07) is 5.71. The van der Waals surface area contributed by atoms with Crippen LogP contribution in [-0.4, -0.2) is 13.7 Å². The Balaban J connectivity index is 3.15. The Hall–Kier alpha value is -1.22. The summed E-state index contributed by atoms with van der Waals surface area (Å²) in [6.45, 7) is 6.48. The van der Waals surface area contributed by atoms with Gasteiger partial charge >= 0.3 is 0 Å². The Morgan fingerprint density at radius 3 is 2.47 bits per heavy atom. The van der Waals surface area contributed by atoms with Crippen LogP contribution in [0.15, 0.2) is 18.2 Å². The lowest BCUT2D eigenvalue weighted by Gasteiger charge is -2.23. The Labute approximate surface area is 91.2 Å². The zero-order chi connectivity index (χ0) is 11.5. The van der Waals surface area contributed by atoms with Crippen LogP contribution in [0.5, 0.6) is 11.5 Å². The molecule has 0 amide bonds. The molecule has 1 rings (SSSR count). The fraction of sp³-hybridized carbons (Fsp3) is 0.500. The molecule has 1 aromatic rings. The molecule has 0 saturated carbocycles. The van der Waals surface area contributed by atoms with Crippen molar-refractivity contribution in [2.45, 2.75) is 26.3 Å². The van der Waals surface area contributed by atoms with Crippen LogP contribution in [0.3, 0.4) is 0 Å². The zero-order valence-corrected chi connectivity index (χ0v) is 9.83. The number of nitrogens with two attached hydrogens (primary N) is 1. The van der Waals surface area contributed by atoms with Crippen molar-refractivity contribution in [3.05, 3.63) is 23.8 Å². The third-order valence-corrected chi connectivity index (χ3v) is 2.18. The third kappa shape index (κ3) is 2.86. The number of hydrogen-bond acceptors (Lipinski definition) is 3. The van der Waals surface area contributed by atoms with Crippen molar-refractivity contribution in [3.8, 4) is 11.5 Å². The Bertz CT molecular complexity index is 329. The molecule has 0 unspecified atom stereocenters. The summed E-state index contributed by atoms with van der Waals surface area (Å²) >= 11 is 0. The lowest BCUT2D eigenvalue weighted by molar-refractivity contribution is 0.324. The second-order valence-electron chi connectivity index (χ2n) is 4.02. The van der Waals surface area contributed by atoms with Crippen LogP contribution in [0.2, 0.25) is 0 Å². The molecule has 0 radical (unpaired) electrons. The van der Waals surface area contributed by atoms with E-state index >= 15 is 0 Å². The lowest BCUT2D eigenvalue weighted by Crippen LogP contribution is -2.29. The summed E-state index contributed by atoms with van der Waals surface area (Å²) in [5.74, 6) is 1.58. The second kappa shape index (κ2) is 4.53. The van der Waals surface area contributed by atoms with Crippen LogP contribution in [0.1, 0.15) is 26.3 Å². The Kier molecular flexibility index (Phi) is 3.58. The summed E-state index contributed by atoms with van der Waals surface area (Å²) < 4.78 is 10.7.